The van der Waals surface area contributed by atoms with Crippen LogP contribution in [-0.4, -0.2) is 47.5 Å². The number of aryl methyl sites for hydroxylation is 2. The molecule has 2 aromatic rings. The summed E-state index contributed by atoms with van der Waals surface area (Å²) in [5.41, 5.74) is 4.32. The maximum absolute atomic E-state index is 13.3. The number of rotatable bonds is 7. The van der Waals surface area contributed by atoms with Crippen molar-refractivity contribution in [2.45, 2.75) is 40.3 Å². The summed E-state index contributed by atoms with van der Waals surface area (Å²) in [4.78, 5) is 15.2. The van der Waals surface area contributed by atoms with Crippen molar-refractivity contribution in [1.82, 2.24) is 14.7 Å². The van der Waals surface area contributed by atoms with E-state index in [1.165, 1.54) is 0 Å². The van der Waals surface area contributed by atoms with E-state index in [0.717, 1.165) is 34.8 Å². The highest BCUT2D eigenvalue weighted by Crippen LogP contribution is 2.28. The van der Waals surface area contributed by atoms with E-state index in [0.29, 0.717) is 32.7 Å². The average molecular weight is 371 g/mol. The van der Waals surface area contributed by atoms with Crippen molar-refractivity contribution in [3.63, 3.8) is 0 Å². The highest BCUT2D eigenvalue weighted by atomic mass is 16.5. The van der Waals surface area contributed by atoms with Gasteiger partial charge in [-0.25, -0.2) is 0 Å². The number of fused-ring (bicyclic) bond motifs is 1. The third kappa shape index (κ3) is 4.16. The summed E-state index contributed by atoms with van der Waals surface area (Å²) in [7, 11) is 1.66. The van der Waals surface area contributed by atoms with Crippen molar-refractivity contribution < 1.29 is 14.3 Å². The van der Waals surface area contributed by atoms with E-state index in [-0.39, 0.29) is 11.8 Å². The van der Waals surface area contributed by atoms with Crippen LogP contribution in [-0.2, 0) is 29.0 Å². The van der Waals surface area contributed by atoms with Gasteiger partial charge in [-0.05, 0) is 38.8 Å². The molecule has 6 nitrogen and oxygen atoms in total. The monoisotopic (exact) mass is 371 g/mol. The second kappa shape index (κ2) is 8.57. The van der Waals surface area contributed by atoms with E-state index in [2.05, 4.69) is 18.9 Å². The van der Waals surface area contributed by atoms with E-state index < -0.39 is 0 Å². The third-order valence-electron chi connectivity index (χ3n) is 5.29. The zero-order valence-electron chi connectivity index (χ0n) is 16.7. The number of hydrogen-bond acceptors (Lipinski definition) is 4. The van der Waals surface area contributed by atoms with Crippen LogP contribution in [0.15, 0.2) is 24.3 Å². The minimum absolute atomic E-state index is 0.115. The Bertz CT molecular complexity index is 800. The van der Waals surface area contributed by atoms with Crippen LogP contribution < -0.4 is 4.74 Å². The van der Waals surface area contributed by atoms with Gasteiger partial charge in [-0.3, -0.25) is 9.48 Å². The van der Waals surface area contributed by atoms with Gasteiger partial charge >= 0.3 is 0 Å². The molecule has 1 aromatic carbocycles. The zero-order valence-corrected chi connectivity index (χ0v) is 16.7. The SMILES string of the molecule is CCn1nc(C)c(CN(CCOC)C(=O)C2COc3ccccc3C2)c1C. The fraction of sp³-hybridized carbons (Fsp3) is 0.524. The Morgan fingerprint density at radius 3 is 2.85 bits per heavy atom. The molecule has 0 radical (unpaired) electrons. The van der Waals surface area contributed by atoms with E-state index in [9.17, 15) is 4.79 Å². The van der Waals surface area contributed by atoms with Crippen LogP contribution in [0.4, 0.5) is 0 Å². The highest BCUT2D eigenvalue weighted by molar-refractivity contribution is 5.80. The van der Waals surface area contributed by atoms with Gasteiger partial charge in [0.25, 0.3) is 0 Å². The number of ether oxygens (including phenoxy) is 2. The minimum atomic E-state index is -0.168. The number of methoxy groups -OCH3 is 1. The Hall–Kier alpha value is -2.34. The Balaban J connectivity index is 1.78. The van der Waals surface area contributed by atoms with E-state index in [4.69, 9.17) is 9.47 Å². The van der Waals surface area contributed by atoms with Crippen molar-refractivity contribution in [3.05, 3.63) is 46.8 Å². The molecule has 1 unspecified atom stereocenters. The molecule has 27 heavy (non-hydrogen) atoms. The molecule has 0 aliphatic carbocycles. The quantitative estimate of drug-likeness (QED) is 0.751. The average Bonchev–Trinajstić information content (AvgIpc) is 2.97. The molecule has 2 heterocycles. The summed E-state index contributed by atoms with van der Waals surface area (Å²) in [5.74, 6) is 0.837. The van der Waals surface area contributed by atoms with Gasteiger partial charge in [0, 0.05) is 38.0 Å². The largest absolute Gasteiger partial charge is 0.492 e. The lowest BCUT2D eigenvalue weighted by Crippen LogP contribution is -2.42. The Kier molecular flexibility index (Phi) is 6.16. The summed E-state index contributed by atoms with van der Waals surface area (Å²) in [5, 5.41) is 4.59. The molecule has 1 aromatic heterocycles. The van der Waals surface area contributed by atoms with Crippen molar-refractivity contribution in [2.75, 3.05) is 26.9 Å². The number of benzene rings is 1. The molecule has 1 aliphatic heterocycles. The lowest BCUT2D eigenvalue weighted by atomic mass is 9.95. The fourth-order valence-electron chi connectivity index (χ4n) is 3.68. The van der Waals surface area contributed by atoms with Crippen molar-refractivity contribution in [1.29, 1.82) is 0 Å². The van der Waals surface area contributed by atoms with Crippen LogP contribution in [0.2, 0.25) is 0 Å². The number of carbonyl (C=O) groups is 1. The summed E-state index contributed by atoms with van der Waals surface area (Å²) >= 11 is 0. The molecule has 0 saturated heterocycles. The smallest absolute Gasteiger partial charge is 0.229 e. The maximum atomic E-state index is 13.3. The van der Waals surface area contributed by atoms with Crippen molar-refractivity contribution >= 4 is 5.91 Å². The number of nitrogens with zero attached hydrogens (tertiary/aromatic N) is 3. The summed E-state index contributed by atoms with van der Waals surface area (Å²) in [6.45, 7) is 9.02. The third-order valence-corrected chi connectivity index (χ3v) is 5.29. The molecule has 0 saturated carbocycles. The predicted molar refractivity (Wildman–Crippen MR) is 104 cm³/mol. The normalized spacial score (nSPS) is 15.9. The number of para-hydroxylation sites is 1. The minimum Gasteiger partial charge on any atom is -0.492 e. The van der Waals surface area contributed by atoms with Crippen LogP contribution in [0, 0.1) is 19.8 Å². The molecule has 3 rings (SSSR count). The molecular weight excluding hydrogens is 342 g/mol. The molecule has 0 bridgehead atoms. The van der Waals surface area contributed by atoms with Gasteiger partial charge in [-0.2, -0.15) is 5.10 Å². The molecule has 1 amide bonds. The first-order chi connectivity index (χ1) is 13.0. The predicted octanol–water partition coefficient (Wildman–Crippen LogP) is 2.75. The Morgan fingerprint density at radius 2 is 2.15 bits per heavy atom. The number of carbonyl (C=O) groups excluding carboxylic acids is 1. The fourth-order valence-corrected chi connectivity index (χ4v) is 3.68. The highest BCUT2D eigenvalue weighted by Gasteiger charge is 2.30. The van der Waals surface area contributed by atoms with Crippen LogP contribution in [0.3, 0.4) is 0 Å². The molecule has 0 fully saturated rings. The van der Waals surface area contributed by atoms with Crippen LogP contribution >= 0.6 is 0 Å². The molecule has 1 atom stereocenters. The molecule has 0 N–H and O–H groups in total. The van der Waals surface area contributed by atoms with Gasteiger partial charge in [0.05, 0.1) is 18.2 Å². The Morgan fingerprint density at radius 1 is 1.37 bits per heavy atom. The van der Waals surface area contributed by atoms with Gasteiger partial charge < -0.3 is 14.4 Å². The molecule has 6 heteroatoms. The van der Waals surface area contributed by atoms with Crippen molar-refractivity contribution in [2.24, 2.45) is 5.92 Å². The topological polar surface area (TPSA) is 56.6 Å². The number of hydrogen-bond donors (Lipinski definition) is 0. The lowest BCUT2D eigenvalue weighted by Gasteiger charge is -2.30. The maximum Gasteiger partial charge on any atom is 0.229 e. The molecule has 146 valence electrons. The van der Waals surface area contributed by atoms with Crippen LogP contribution in [0.1, 0.15) is 29.4 Å². The first-order valence-corrected chi connectivity index (χ1v) is 9.56. The van der Waals surface area contributed by atoms with Gasteiger partial charge in [-0.1, -0.05) is 18.2 Å². The van der Waals surface area contributed by atoms with Gasteiger partial charge in [0.2, 0.25) is 5.91 Å². The van der Waals surface area contributed by atoms with E-state index >= 15 is 0 Å². The molecular formula is C21H29N3O3. The van der Waals surface area contributed by atoms with Gasteiger partial charge in [0.15, 0.2) is 0 Å². The van der Waals surface area contributed by atoms with Gasteiger partial charge in [-0.15, -0.1) is 0 Å². The first-order valence-electron chi connectivity index (χ1n) is 9.56. The zero-order chi connectivity index (χ0) is 19.4. The van der Waals surface area contributed by atoms with E-state index in [1.807, 2.05) is 40.8 Å². The second-order valence-corrected chi connectivity index (χ2v) is 7.04. The lowest BCUT2D eigenvalue weighted by molar-refractivity contribution is -0.138. The van der Waals surface area contributed by atoms with E-state index in [1.54, 1.807) is 7.11 Å². The summed E-state index contributed by atoms with van der Waals surface area (Å²) in [6, 6.07) is 7.95. The molecule has 1 aliphatic rings. The van der Waals surface area contributed by atoms with Crippen molar-refractivity contribution in [3.8, 4) is 5.75 Å². The summed E-state index contributed by atoms with van der Waals surface area (Å²) < 4.78 is 13.1. The summed E-state index contributed by atoms with van der Waals surface area (Å²) in [6.07, 6.45) is 0.713. The number of amides is 1. The van der Waals surface area contributed by atoms with Crippen LogP contribution in [0.25, 0.3) is 0 Å². The Labute approximate surface area is 161 Å². The van der Waals surface area contributed by atoms with Gasteiger partial charge in [0.1, 0.15) is 12.4 Å². The number of aromatic nitrogens is 2. The first kappa shape index (κ1) is 19.4. The molecule has 0 spiro atoms. The van der Waals surface area contributed by atoms with Crippen LogP contribution in [0.5, 0.6) is 5.75 Å². The second-order valence-electron chi connectivity index (χ2n) is 7.04. The standard InChI is InChI=1S/C21H29N3O3/c1-5-24-16(3)19(15(2)22-24)13-23(10-11-26-4)21(25)18-12-17-8-6-7-9-20(17)27-14-18/h6-9,18H,5,10-14H2,1-4H3.